The smallest absolute Gasteiger partial charge is 0.307 e. The molecule has 3 nitrogen and oxygen atoms in total. The van der Waals surface area contributed by atoms with Crippen molar-refractivity contribution in [2.45, 2.75) is 96.5 Å². The maximum atomic E-state index is 14.6. The molecule has 202 valence electrons. The van der Waals surface area contributed by atoms with Crippen molar-refractivity contribution in [2.75, 3.05) is 0 Å². The molecule has 3 aromatic carbocycles. The van der Waals surface area contributed by atoms with Crippen molar-refractivity contribution in [3.8, 4) is 11.1 Å². The Morgan fingerprint density at radius 1 is 0.895 bits per heavy atom. The molecule has 0 radical (unpaired) electrons. The number of carbonyl (C=O) groups is 1. The maximum Gasteiger partial charge on any atom is 0.307 e. The molecule has 0 aliphatic heterocycles. The van der Waals surface area contributed by atoms with Crippen molar-refractivity contribution in [3.63, 3.8) is 0 Å². The molecule has 1 fully saturated rings. The average molecular weight is 517 g/mol. The van der Waals surface area contributed by atoms with Crippen molar-refractivity contribution in [1.82, 2.24) is 0 Å². The normalized spacial score (nSPS) is 15.1. The largest absolute Gasteiger partial charge is 0.481 e. The van der Waals surface area contributed by atoms with Crippen LogP contribution in [-0.4, -0.2) is 21.8 Å². The molecule has 0 heterocycles. The maximum absolute atomic E-state index is 14.6. The number of aliphatic carboxylic acids is 1. The van der Waals surface area contributed by atoms with Crippen molar-refractivity contribution >= 4 is 5.97 Å². The highest BCUT2D eigenvalue weighted by atomic mass is 19.1. The molecule has 38 heavy (non-hydrogen) atoms. The van der Waals surface area contributed by atoms with E-state index in [1.165, 1.54) is 28.3 Å². The van der Waals surface area contributed by atoms with E-state index in [-0.39, 0.29) is 17.4 Å². The van der Waals surface area contributed by atoms with E-state index in [9.17, 15) is 14.3 Å². The van der Waals surface area contributed by atoms with E-state index in [1.807, 2.05) is 0 Å². The zero-order valence-electron chi connectivity index (χ0n) is 23.2. The van der Waals surface area contributed by atoms with Gasteiger partial charge in [0.1, 0.15) is 5.82 Å². The van der Waals surface area contributed by atoms with Gasteiger partial charge in [0.2, 0.25) is 0 Å². The quantitative estimate of drug-likeness (QED) is 0.286. The van der Waals surface area contributed by atoms with Crippen LogP contribution in [0.15, 0.2) is 54.6 Å². The van der Waals surface area contributed by atoms with Crippen LogP contribution >= 0.6 is 0 Å². The third kappa shape index (κ3) is 5.71. The minimum absolute atomic E-state index is 0.132. The molecule has 0 saturated heterocycles. The first kappa shape index (κ1) is 28.0. The van der Waals surface area contributed by atoms with Gasteiger partial charge in [-0.2, -0.15) is 0 Å². The van der Waals surface area contributed by atoms with Crippen molar-refractivity contribution in [3.05, 3.63) is 93.8 Å². The molecule has 1 aliphatic carbocycles. The van der Waals surface area contributed by atoms with Crippen LogP contribution in [-0.2, 0) is 23.1 Å². The summed E-state index contributed by atoms with van der Waals surface area (Å²) in [6.45, 7) is 8.72. The van der Waals surface area contributed by atoms with Gasteiger partial charge in [0, 0.05) is 5.41 Å². The SMILES string of the molecule is CCC(CC)(c1ccc(CCC2(O)CCCC2)c(C)c1)c1ccc(-c2ccc(CC(=O)O)c(F)c2)c(C)c1. The van der Waals surface area contributed by atoms with Crippen molar-refractivity contribution in [1.29, 1.82) is 0 Å². The van der Waals surface area contributed by atoms with E-state index in [0.29, 0.717) is 0 Å². The van der Waals surface area contributed by atoms with Gasteiger partial charge in [-0.3, -0.25) is 4.79 Å². The molecular weight excluding hydrogens is 475 g/mol. The van der Waals surface area contributed by atoms with E-state index in [0.717, 1.165) is 68.1 Å². The van der Waals surface area contributed by atoms with Crippen molar-refractivity contribution in [2.24, 2.45) is 0 Å². The van der Waals surface area contributed by atoms with E-state index >= 15 is 0 Å². The molecule has 4 heteroatoms. The Morgan fingerprint density at radius 2 is 1.50 bits per heavy atom. The third-order valence-corrected chi connectivity index (χ3v) is 8.98. The number of benzene rings is 3. The molecule has 0 unspecified atom stereocenters. The van der Waals surface area contributed by atoms with Crippen molar-refractivity contribution < 1.29 is 19.4 Å². The Morgan fingerprint density at radius 3 is 2.05 bits per heavy atom. The summed E-state index contributed by atoms with van der Waals surface area (Å²) >= 11 is 0. The van der Waals surface area contributed by atoms with E-state index in [2.05, 4.69) is 64.1 Å². The van der Waals surface area contributed by atoms with Gasteiger partial charge in [-0.05, 0) is 103 Å². The summed E-state index contributed by atoms with van der Waals surface area (Å²) in [7, 11) is 0. The van der Waals surface area contributed by atoms with Crippen LogP contribution in [0.2, 0.25) is 0 Å². The number of carboxylic acid groups (broad SMARTS) is 1. The molecule has 0 spiro atoms. The van der Waals surface area contributed by atoms with Gasteiger partial charge in [0.15, 0.2) is 0 Å². The third-order valence-electron chi connectivity index (χ3n) is 8.98. The number of carboxylic acids is 1. The van der Waals surface area contributed by atoms with E-state index in [4.69, 9.17) is 5.11 Å². The van der Waals surface area contributed by atoms with E-state index in [1.54, 1.807) is 12.1 Å². The minimum Gasteiger partial charge on any atom is -0.481 e. The second-order valence-corrected chi connectivity index (χ2v) is 11.3. The Balaban J connectivity index is 1.62. The van der Waals surface area contributed by atoms with Crippen LogP contribution in [0.3, 0.4) is 0 Å². The summed E-state index contributed by atoms with van der Waals surface area (Å²) in [5, 5.41) is 19.8. The summed E-state index contributed by atoms with van der Waals surface area (Å²) in [6, 6.07) is 18.1. The monoisotopic (exact) mass is 516 g/mol. The number of aliphatic hydroxyl groups is 1. The van der Waals surface area contributed by atoms with Crippen LogP contribution in [0.4, 0.5) is 4.39 Å². The second-order valence-electron chi connectivity index (χ2n) is 11.3. The zero-order chi connectivity index (χ0) is 27.5. The highest BCUT2D eigenvalue weighted by Crippen LogP contribution is 2.41. The van der Waals surface area contributed by atoms with Gasteiger partial charge in [-0.25, -0.2) is 4.39 Å². The highest BCUT2D eigenvalue weighted by molar-refractivity contribution is 5.72. The molecule has 1 saturated carbocycles. The average Bonchev–Trinajstić information content (AvgIpc) is 3.32. The standard InChI is InChI=1S/C34H41FO3/c1-5-34(6-2,28-12-11-25(23(3)19-28)15-18-33(38)16-7-8-17-33)29-13-14-30(24(4)20-29)26-9-10-27(22-32(36)37)31(35)21-26/h9-14,19-21,38H,5-8,15-18,22H2,1-4H3,(H,36,37). The first-order valence-corrected chi connectivity index (χ1v) is 14.0. The van der Waals surface area contributed by atoms with Gasteiger partial charge in [-0.1, -0.05) is 75.2 Å². The Kier molecular flexibility index (Phi) is 8.42. The molecule has 3 aromatic rings. The van der Waals surface area contributed by atoms with Gasteiger partial charge < -0.3 is 10.2 Å². The molecule has 1 aliphatic rings. The molecule has 0 atom stereocenters. The number of halogens is 1. The van der Waals surface area contributed by atoms with Crippen LogP contribution in [0.25, 0.3) is 11.1 Å². The summed E-state index contributed by atoms with van der Waals surface area (Å²) in [5.41, 5.74) is 7.50. The Bertz CT molecular complexity index is 1300. The first-order valence-electron chi connectivity index (χ1n) is 14.0. The molecule has 0 amide bonds. The predicted octanol–water partition coefficient (Wildman–Crippen LogP) is 8.08. The fraction of sp³-hybridized carbons (Fsp3) is 0.441. The zero-order valence-corrected chi connectivity index (χ0v) is 23.2. The minimum atomic E-state index is -1.04. The summed E-state index contributed by atoms with van der Waals surface area (Å²) in [6.07, 6.45) is 7.44. The second kappa shape index (κ2) is 11.4. The molecule has 2 N–H and O–H groups in total. The van der Waals surface area contributed by atoms with E-state index < -0.39 is 17.4 Å². The number of hydrogen-bond acceptors (Lipinski definition) is 2. The lowest BCUT2D eigenvalue weighted by molar-refractivity contribution is -0.136. The Hall–Kier alpha value is -2.98. The summed E-state index contributed by atoms with van der Waals surface area (Å²) in [4.78, 5) is 11.0. The van der Waals surface area contributed by atoms with Gasteiger partial charge in [-0.15, -0.1) is 0 Å². The fourth-order valence-electron chi connectivity index (χ4n) is 6.46. The summed E-state index contributed by atoms with van der Waals surface area (Å²) in [5.74, 6) is -1.53. The Labute approximate surface area is 226 Å². The topological polar surface area (TPSA) is 57.5 Å². The first-order chi connectivity index (χ1) is 18.1. The van der Waals surface area contributed by atoms with Gasteiger partial charge in [0.05, 0.1) is 12.0 Å². The van der Waals surface area contributed by atoms with Crippen LogP contribution in [0.1, 0.15) is 92.2 Å². The van der Waals surface area contributed by atoms with Crippen LogP contribution in [0.5, 0.6) is 0 Å². The molecular formula is C34H41FO3. The lowest BCUT2D eigenvalue weighted by atomic mass is 9.69. The number of rotatable bonds is 10. The molecule has 0 bridgehead atoms. The van der Waals surface area contributed by atoms with Crippen LogP contribution in [0, 0.1) is 19.7 Å². The highest BCUT2D eigenvalue weighted by Gasteiger charge is 2.33. The molecule has 0 aromatic heterocycles. The summed E-state index contributed by atoms with van der Waals surface area (Å²) < 4.78 is 14.6. The van der Waals surface area contributed by atoms with Crippen LogP contribution < -0.4 is 0 Å². The number of hydrogen-bond donors (Lipinski definition) is 2. The lowest BCUT2D eigenvalue weighted by Gasteiger charge is -2.34. The number of aryl methyl sites for hydroxylation is 3. The lowest BCUT2D eigenvalue weighted by Crippen LogP contribution is -2.27. The fourth-order valence-corrected chi connectivity index (χ4v) is 6.46. The molecule has 4 rings (SSSR count). The van der Waals surface area contributed by atoms with Gasteiger partial charge >= 0.3 is 5.97 Å². The van der Waals surface area contributed by atoms with Gasteiger partial charge in [0.25, 0.3) is 0 Å². The predicted molar refractivity (Wildman–Crippen MR) is 152 cm³/mol.